The molecule has 14 heteroatoms. The van der Waals surface area contributed by atoms with Crippen molar-refractivity contribution in [1.82, 2.24) is 9.13 Å². The Hall–Kier alpha value is -7.26. The van der Waals surface area contributed by atoms with Crippen molar-refractivity contribution < 1.29 is 48.3 Å². The molecule has 0 saturated carbocycles. The summed E-state index contributed by atoms with van der Waals surface area (Å²) in [6.07, 6.45) is -1.19. The van der Waals surface area contributed by atoms with Gasteiger partial charge in [-0.2, -0.15) is 10.5 Å². The number of carbonyl (C=O) groups is 4. The predicted octanol–water partition coefficient (Wildman–Crippen LogP) is 5.07. The Morgan fingerprint density at radius 2 is 0.964 bits per heavy atom. The molecule has 0 fully saturated rings. The summed E-state index contributed by atoms with van der Waals surface area (Å²) in [5.41, 5.74) is 2.18. The fraction of sp³-hybridized carbons (Fsp3) is 0.190. The average molecular weight is 755 g/mol. The number of nitrogens with zero attached hydrogens (tertiary/aromatic N) is 4. The van der Waals surface area contributed by atoms with Crippen LogP contribution < -0.4 is 9.47 Å². The molecule has 0 aliphatic rings. The molecule has 2 N–H and O–H groups in total. The van der Waals surface area contributed by atoms with Gasteiger partial charge in [0.1, 0.15) is 12.1 Å². The summed E-state index contributed by atoms with van der Waals surface area (Å²) >= 11 is 0. The van der Waals surface area contributed by atoms with E-state index in [9.17, 15) is 39.9 Å². The number of carbonyl (C=O) groups excluding carboxylic acids is 4. The fourth-order valence-electron chi connectivity index (χ4n) is 6.06. The van der Waals surface area contributed by atoms with Crippen molar-refractivity contribution in [3.05, 3.63) is 132 Å². The Morgan fingerprint density at radius 1 is 0.571 bits per heavy atom. The summed E-state index contributed by atoms with van der Waals surface area (Å²) in [6.45, 7) is 0.633. The van der Waals surface area contributed by atoms with E-state index < -0.39 is 36.1 Å². The largest absolute Gasteiger partial charge is 0.462 e. The monoisotopic (exact) mass is 754 g/mol. The van der Waals surface area contributed by atoms with E-state index in [0.717, 1.165) is 0 Å². The molecule has 282 valence electrons. The first-order valence-electron chi connectivity index (χ1n) is 17.5. The molecule has 2 aromatic heterocycles. The Bertz CT molecular complexity index is 2300. The second-order valence-electron chi connectivity index (χ2n) is 12.4. The number of aliphatic hydroxyl groups is 2. The van der Waals surface area contributed by atoms with E-state index in [4.69, 9.17) is 18.9 Å². The third-order valence-electron chi connectivity index (χ3n) is 8.74. The third-order valence-corrected chi connectivity index (χ3v) is 8.74. The summed E-state index contributed by atoms with van der Waals surface area (Å²) < 4.78 is 24.9. The van der Waals surface area contributed by atoms with Crippen LogP contribution in [-0.4, -0.2) is 68.6 Å². The van der Waals surface area contributed by atoms with Crippen molar-refractivity contribution in [2.24, 2.45) is 0 Å². The minimum Gasteiger partial charge on any atom is -0.462 e. The van der Waals surface area contributed by atoms with Crippen molar-refractivity contribution in [3.8, 4) is 23.6 Å². The zero-order valence-electron chi connectivity index (χ0n) is 29.7. The Kier molecular flexibility index (Phi) is 12.2. The van der Waals surface area contributed by atoms with Gasteiger partial charge in [-0.1, -0.05) is 48.5 Å². The summed E-state index contributed by atoms with van der Waals surface area (Å²) in [5, 5.41) is 41.7. The van der Waals surface area contributed by atoms with Crippen molar-refractivity contribution in [1.29, 1.82) is 10.5 Å². The van der Waals surface area contributed by atoms with Crippen LogP contribution in [0.4, 0.5) is 0 Å². The number of aryl methyl sites for hydroxylation is 2. The Morgan fingerprint density at radius 3 is 1.34 bits per heavy atom. The van der Waals surface area contributed by atoms with Gasteiger partial charge in [0.15, 0.2) is 23.7 Å². The van der Waals surface area contributed by atoms with Crippen LogP contribution in [0.1, 0.15) is 44.7 Å². The number of benzene rings is 4. The number of rotatable bonds is 15. The molecular weight excluding hydrogens is 720 g/mol. The van der Waals surface area contributed by atoms with Crippen LogP contribution in [0.5, 0.6) is 11.5 Å². The maximum atomic E-state index is 13.1. The molecule has 0 spiro atoms. The fourth-order valence-corrected chi connectivity index (χ4v) is 6.06. The molecule has 0 radical (unpaired) electrons. The molecule has 2 atom stereocenters. The van der Waals surface area contributed by atoms with Crippen LogP contribution >= 0.6 is 0 Å². The summed E-state index contributed by atoms with van der Waals surface area (Å²) in [5.74, 6) is -3.82. The molecule has 0 saturated heterocycles. The van der Waals surface area contributed by atoms with Gasteiger partial charge < -0.3 is 38.3 Å². The van der Waals surface area contributed by atoms with Crippen LogP contribution in [0.15, 0.2) is 109 Å². The number of esters is 4. The Balaban J connectivity index is 1.11. The smallest absolute Gasteiger partial charge is 0.343 e. The average Bonchev–Trinajstić information content (AvgIpc) is 3.77. The van der Waals surface area contributed by atoms with Gasteiger partial charge in [0.05, 0.1) is 46.5 Å². The van der Waals surface area contributed by atoms with Crippen LogP contribution in [0.25, 0.3) is 21.8 Å². The van der Waals surface area contributed by atoms with Gasteiger partial charge in [0, 0.05) is 36.3 Å². The number of aromatic nitrogens is 2. The van der Waals surface area contributed by atoms with Gasteiger partial charge in [-0.3, -0.25) is 0 Å². The predicted molar refractivity (Wildman–Crippen MR) is 199 cm³/mol. The maximum absolute atomic E-state index is 13.1. The lowest BCUT2D eigenvalue weighted by atomic mass is 10.1. The van der Waals surface area contributed by atoms with Gasteiger partial charge in [-0.25, -0.2) is 19.2 Å². The van der Waals surface area contributed by atoms with Crippen molar-refractivity contribution in [3.63, 3.8) is 0 Å². The Labute approximate surface area is 319 Å². The zero-order chi connectivity index (χ0) is 39.6. The first-order valence-corrected chi connectivity index (χ1v) is 17.5. The zero-order valence-corrected chi connectivity index (χ0v) is 29.7. The number of aliphatic hydroxyl groups excluding tert-OH is 2. The van der Waals surface area contributed by atoms with E-state index in [1.54, 1.807) is 106 Å². The molecule has 6 rings (SSSR count). The number of ether oxygens (including phenoxy) is 4. The third kappa shape index (κ3) is 8.58. The highest BCUT2D eigenvalue weighted by Crippen LogP contribution is 2.33. The minimum atomic E-state index is -2.38. The molecule has 56 heavy (non-hydrogen) atoms. The molecule has 4 aromatic carbocycles. The van der Waals surface area contributed by atoms with E-state index >= 15 is 0 Å². The SMILES string of the molecule is N#Cc1cccc2c(OC(=O)C(O)C(O)C(=O)Oc3cn(CCCOC(=O)c4ccccc4)c4c(C#N)cccc34)cn(CCCOC(=O)c3ccccc3)c12. The maximum Gasteiger partial charge on any atom is 0.343 e. The van der Waals surface area contributed by atoms with E-state index in [-0.39, 0.29) is 48.9 Å². The molecule has 2 unspecified atom stereocenters. The van der Waals surface area contributed by atoms with Gasteiger partial charge in [-0.15, -0.1) is 0 Å². The standard InChI is InChI=1S/C42H34N4O10/c43-23-29-15-7-17-31-33(25-45(35(29)31)19-9-21-53-39(49)27-11-3-1-4-12-27)55-41(51)37(47)38(48)42(52)56-34-26-46(36-30(24-44)16-8-18-32(34)36)20-10-22-54-40(50)28-13-5-2-6-14-28/h1-8,11-18,25-26,37-38,47-48H,9-10,19-22H2. The van der Waals surface area contributed by atoms with Crippen LogP contribution in [-0.2, 0) is 32.2 Å². The number of para-hydroxylation sites is 2. The van der Waals surface area contributed by atoms with Gasteiger partial charge in [-0.05, 0) is 61.4 Å². The first kappa shape index (κ1) is 38.5. The first-order chi connectivity index (χ1) is 27.2. The molecular formula is C42H34N4O10. The number of fused-ring (bicyclic) bond motifs is 2. The molecule has 14 nitrogen and oxygen atoms in total. The van der Waals surface area contributed by atoms with Gasteiger partial charge >= 0.3 is 23.9 Å². The normalized spacial score (nSPS) is 11.9. The number of hydrogen-bond acceptors (Lipinski definition) is 12. The highest BCUT2D eigenvalue weighted by atomic mass is 16.6. The molecule has 0 aliphatic heterocycles. The van der Waals surface area contributed by atoms with Crippen LogP contribution in [0.2, 0.25) is 0 Å². The quantitative estimate of drug-likeness (QED) is 0.104. The van der Waals surface area contributed by atoms with E-state index in [1.807, 2.05) is 0 Å². The highest BCUT2D eigenvalue weighted by Gasteiger charge is 2.35. The molecule has 2 heterocycles. The topological polar surface area (TPSA) is 203 Å². The summed E-state index contributed by atoms with van der Waals surface area (Å²) in [4.78, 5) is 50.9. The van der Waals surface area contributed by atoms with Gasteiger partial charge in [0.2, 0.25) is 0 Å². The highest BCUT2D eigenvalue weighted by molar-refractivity contribution is 5.96. The second kappa shape index (κ2) is 17.7. The summed E-state index contributed by atoms with van der Waals surface area (Å²) in [6, 6.07) is 30.7. The van der Waals surface area contributed by atoms with Crippen LogP contribution in [0.3, 0.4) is 0 Å². The lowest BCUT2D eigenvalue weighted by Crippen LogP contribution is -2.43. The van der Waals surface area contributed by atoms with Crippen molar-refractivity contribution >= 4 is 45.7 Å². The molecule has 0 amide bonds. The summed E-state index contributed by atoms with van der Waals surface area (Å²) in [7, 11) is 0. The van der Waals surface area contributed by atoms with E-state index in [0.29, 0.717) is 45.8 Å². The molecule has 0 bridgehead atoms. The molecule has 6 aromatic rings. The van der Waals surface area contributed by atoms with Crippen molar-refractivity contribution in [2.45, 2.75) is 38.1 Å². The van der Waals surface area contributed by atoms with E-state index in [2.05, 4.69) is 12.1 Å². The lowest BCUT2D eigenvalue weighted by Gasteiger charge is -2.15. The lowest BCUT2D eigenvalue weighted by molar-refractivity contribution is -0.162. The van der Waals surface area contributed by atoms with Crippen molar-refractivity contribution in [2.75, 3.05) is 13.2 Å². The van der Waals surface area contributed by atoms with Crippen LogP contribution in [0, 0.1) is 22.7 Å². The second-order valence-corrected chi connectivity index (χ2v) is 12.4. The van der Waals surface area contributed by atoms with Gasteiger partial charge in [0.25, 0.3) is 0 Å². The molecule has 0 aliphatic carbocycles. The number of hydrogen-bond donors (Lipinski definition) is 2. The van der Waals surface area contributed by atoms with E-state index in [1.165, 1.54) is 12.4 Å². The number of nitriles is 2. The minimum absolute atomic E-state index is 0.0513.